The zero-order chi connectivity index (χ0) is 17.1. The molecule has 4 nitrogen and oxygen atoms in total. The van der Waals surface area contributed by atoms with Crippen molar-refractivity contribution in [2.45, 2.75) is 45.2 Å². The van der Waals surface area contributed by atoms with Crippen LogP contribution in [0.15, 0.2) is 30.5 Å². The van der Waals surface area contributed by atoms with Gasteiger partial charge in [0.25, 0.3) is 5.91 Å². The summed E-state index contributed by atoms with van der Waals surface area (Å²) in [6.07, 6.45) is 4.97. The largest absolute Gasteiger partial charge is 0.338 e. The van der Waals surface area contributed by atoms with E-state index in [2.05, 4.69) is 36.3 Å². The van der Waals surface area contributed by atoms with Crippen LogP contribution in [-0.4, -0.2) is 35.4 Å². The zero-order valence-electron chi connectivity index (χ0n) is 14.6. The molecule has 3 heterocycles. The molecular weight excluding hydrogens is 318 g/mol. The highest BCUT2D eigenvalue weighted by Crippen LogP contribution is 2.30. The van der Waals surface area contributed by atoms with E-state index in [0.29, 0.717) is 6.04 Å². The smallest absolute Gasteiger partial charge is 0.263 e. The van der Waals surface area contributed by atoms with E-state index in [9.17, 15) is 4.79 Å². The van der Waals surface area contributed by atoms with Crippen LogP contribution in [0.4, 0.5) is 0 Å². The molecule has 1 aliphatic rings. The molecule has 1 saturated heterocycles. The SMILES string of the molecule is Cc1cccnc1C[C@H](C)N(C)C(=O)c1ccc([C@@H]2CCCN2)s1. The van der Waals surface area contributed by atoms with Crippen LogP contribution >= 0.6 is 11.3 Å². The second-order valence-electron chi connectivity index (χ2n) is 6.59. The monoisotopic (exact) mass is 343 g/mol. The summed E-state index contributed by atoms with van der Waals surface area (Å²) < 4.78 is 0. The van der Waals surface area contributed by atoms with Crippen molar-refractivity contribution < 1.29 is 4.79 Å². The Kier molecular flexibility index (Phi) is 5.31. The van der Waals surface area contributed by atoms with Crippen molar-refractivity contribution in [3.05, 3.63) is 51.5 Å². The second-order valence-corrected chi connectivity index (χ2v) is 7.70. The van der Waals surface area contributed by atoms with Crippen molar-refractivity contribution >= 4 is 17.2 Å². The normalized spacial score (nSPS) is 18.5. The summed E-state index contributed by atoms with van der Waals surface area (Å²) in [5.41, 5.74) is 2.24. The molecule has 0 aromatic carbocycles. The van der Waals surface area contributed by atoms with E-state index in [1.54, 1.807) is 11.3 Å². The van der Waals surface area contributed by atoms with Crippen LogP contribution in [0.3, 0.4) is 0 Å². The molecule has 2 aromatic heterocycles. The average molecular weight is 343 g/mol. The molecule has 1 amide bonds. The maximum Gasteiger partial charge on any atom is 0.263 e. The Balaban J connectivity index is 1.66. The molecule has 24 heavy (non-hydrogen) atoms. The number of nitrogens with zero attached hydrogens (tertiary/aromatic N) is 2. The number of carbonyl (C=O) groups excluding carboxylic acids is 1. The predicted molar refractivity (Wildman–Crippen MR) is 98.5 cm³/mol. The number of pyridine rings is 1. The third-order valence-electron chi connectivity index (χ3n) is 4.83. The highest BCUT2D eigenvalue weighted by Gasteiger charge is 2.23. The molecule has 0 bridgehead atoms. The molecule has 0 radical (unpaired) electrons. The predicted octanol–water partition coefficient (Wildman–Crippen LogP) is 3.58. The first-order valence-electron chi connectivity index (χ1n) is 8.57. The summed E-state index contributed by atoms with van der Waals surface area (Å²) >= 11 is 1.62. The van der Waals surface area contributed by atoms with Gasteiger partial charge in [0.1, 0.15) is 0 Å². The number of hydrogen-bond donors (Lipinski definition) is 1. The zero-order valence-corrected chi connectivity index (χ0v) is 15.4. The third kappa shape index (κ3) is 3.68. The van der Waals surface area contributed by atoms with Crippen LogP contribution < -0.4 is 5.32 Å². The number of amides is 1. The Hall–Kier alpha value is -1.72. The first-order chi connectivity index (χ1) is 11.6. The molecular formula is C19H25N3OS. The lowest BCUT2D eigenvalue weighted by Gasteiger charge is -2.24. The Morgan fingerprint density at radius 1 is 1.46 bits per heavy atom. The number of likely N-dealkylation sites (N-methyl/N-ethyl adjacent to an activating group) is 1. The number of hydrogen-bond acceptors (Lipinski definition) is 4. The highest BCUT2D eigenvalue weighted by molar-refractivity contribution is 7.14. The van der Waals surface area contributed by atoms with E-state index in [4.69, 9.17) is 0 Å². The van der Waals surface area contributed by atoms with Gasteiger partial charge in [0.15, 0.2) is 0 Å². The van der Waals surface area contributed by atoms with Crippen molar-refractivity contribution in [3.63, 3.8) is 0 Å². The molecule has 2 aromatic rings. The summed E-state index contributed by atoms with van der Waals surface area (Å²) in [5, 5.41) is 3.49. The van der Waals surface area contributed by atoms with Gasteiger partial charge in [-0.3, -0.25) is 9.78 Å². The molecule has 0 unspecified atom stereocenters. The van der Waals surface area contributed by atoms with Gasteiger partial charge in [-0.25, -0.2) is 0 Å². The van der Waals surface area contributed by atoms with E-state index < -0.39 is 0 Å². The first-order valence-corrected chi connectivity index (χ1v) is 9.38. The Labute approximate surface area is 147 Å². The molecule has 1 aliphatic heterocycles. The topological polar surface area (TPSA) is 45.2 Å². The first kappa shape index (κ1) is 17.1. The molecule has 1 N–H and O–H groups in total. The number of aryl methyl sites for hydroxylation is 1. The van der Waals surface area contributed by atoms with Crippen molar-refractivity contribution in [3.8, 4) is 0 Å². The summed E-state index contributed by atoms with van der Waals surface area (Å²) in [4.78, 5) is 21.2. The van der Waals surface area contributed by atoms with E-state index >= 15 is 0 Å². The Morgan fingerprint density at radius 3 is 3.00 bits per heavy atom. The van der Waals surface area contributed by atoms with Gasteiger partial charge < -0.3 is 10.2 Å². The maximum atomic E-state index is 12.8. The summed E-state index contributed by atoms with van der Waals surface area (Å²) in [6, 6.07) is 8.62. The van der Waals surface area contributed by atoms with Gasteiger partial charge in [-0.05, 0) is 57.0 Å². The molecule has 2 atom stereocenters. The van der Waals surface area contributed by atoms with E-state index in [-0.39, 0.29) is 11.9 Å². The molecule has 3 rings (SSSR count). The highest BCUT2D eigenvalue weighted by atomic mass is 32.1. The summed E-state index contributed by atoms with van der Waals surface area (Å²) in [5.74, 6) is 0.102. The summed E-state index contributed by atoms with van der Waals surface area (Å²) in [6.45, 7) is 5.22. The van der Waals surface area contributed by atoms with Gasteiger partial charge in [-0.2, -0.15) is 0 Å². The van der Waals surface area contributed by atoms with Crippen LogP contribution in [0.2, 0.25) is 0 Å². The standard InChI is InChI=1S/C19H25N3OS/c1-13-6-4-10-21-16(13)12-14(2)22(3)19(23)18-9-8-17(24-18)15-7-5-11-20-15/h4,6,8-10,14-15,20H,5,7,11-12H2,1-3H3/t14-,15-/m0/s1. The molecule has 0 saturated carbocycles. The van der Waals surface area contributed by atoms with Crippen LogP contribution in [0.25, 0.3) is 0 Å². The van der Waals surface area contributed by atoms with E-state index in [0.717, 1.165) is 23.5 Å². The minimum atomic E-state index is 0.102. The fourth-order valence-electron chi connectivity index (χ4n) is 3.11. The lowest BCUT2D eigenvalue weighted by atomic mass is 10.1. The van der Waals surface area contributed by atoms with Gasteiger partial charge in [-0.1, -0.05) is 6.07 Å². The second kappa shape index (κ2) is 7.45. The number of aromatic nitrogens is 1. The number of rotatable bonds is 5. The van der Waals surface area contributed by atoms with Crippen LogP contribution in [0.1, 0.15) is 51.6 Å². The van der Waals surface area contributed by atoms with E-state index in [1.165, 1.54) is 23.3 Å². The molecule has 0 spiro atoms. The van der Waals surface area contributed by atoms with Gasteiger partial charge in [0.05, 0.1) is 4.88 Å². The van der Waals surface area contributed by atoms with Gasteiger partial charge in [0, 0.05) is 42.3 Å². The minimum Gasteiger partial charge on any atom is -0.338 e. The number of thiophene rings is 1. The Bertz CT molecular complexity index is 706. The van der Waals surface area contributed by atoms with Crippen LogP contribution in [-0.2, 0) is 6.42 Å². The lowest BCUT2D eigenvalue weighted by Crippen LogP contribution is -2.36. The van der Waals surface area contributed by atoms with Crippen molar-refractivity contribution in [2.75, 3.05) is 13.6 Å². The average Bonchev–Trinajstić information content (AvgIpc) is 3.26. The molecule has 5 heteroatoms. The van der Waals surface area contributed by atoms with Gasteiger partial charge in [-0.15, -0.1) is 11.3 Å². The van der Waals surface area contributed by atoms with Crippen LogP contribution in [0, 0.1) is 6.92 Å². The van der Waals surface area contributed by atoms with Crippen LogP contribution in [0.5, 0.6) is 0 Å². The maximum absolute atomic E-state index is 12.8. The Morgan fingerprint density at radius 2 is 2.29 bits per heavy atom. The molecule has 1 fully saturated rings. The fourth-order valence-corrected chi connectivity index (χ4v) is 4.21. The minimum absolute atomic E-state index is 0.102. The molecule has 128 valence electrons. The third-order valence-corrected chi connectivity index (χ3v) is 6.02. The lowest BCUT2D eigenvalue weighted by molar-refractivity contribution is 0.0747. The van der Waals surface area contributed by atoms with Gasteiger partial charge in [0.2, 0.25) is 0 Å². The van der Waals surface area contributed by atoms with Gasteiger partial charge >= 0.3 is 0 Å². The number of carbonyl (C=O) groups is 1. The quantitative estimate of drug-likeness (QED) is 0.902. The van der Waals surface area contributed by atoms with Crippen molar-refractivity contribution in [1.29, 1.82) is 0 Å². The summed E-state index contributed by atoms with van der Waals surface area (Å²) in [7, 11) is 1.89. The van der Waals surface area contributed by atoms with Crippen molar-refractivity contribution in [2.24, 2.45) is 0 Å². The number of nitrogens with one attached hydrogen (secondary N) is 1. The van der Waals surface area contributed by atoms with E-state index in [1.807, 2.05) is 30.3 Å². The molecule has 0 aliphatic carbocycles. The van der Waals surface area contributed by atoms with Crippen molar-refractivity contribution in [1.82, 2.24) is 15.2 Å². The fraction of sp³-hybridized carbons (Fsp3) is 0.474.